The lowest BCUT2D eigenvalue weighted by Crippen LogP contribution is -2.49. The van der Waals surface area contributed by atoms with E-state index in [0.717, 1.165) is 16.9 Å². The van der Waals surface area contributed by atoms with Crippen LogP contribution in [0.25, 0.3) is 11.3 Å². The van der Waals surface area contributed by atoms with Crippen molar-refractivity contribution in [1.29, 1.82) is 0 Å². The van der Waals surface area contributed by atoms with E-state index in [0.29, 0.717) is 38.2 Å². The Morgan fingerprint density at radius 3 is 2.33 bits per heavy atom. The molecule has 2 heterocycles. The third-order valence-electron chi connectivity index (χ3n) is 6.17. The maximum absolute atomic E-state index is 13.1. The van der Waals surface area contributed by atoms with Crippen LogP contribution in [0.15, 0.2) is 67.1 Å². The quantitative estimate of drug-likeness (QED) is 0.477. The molecule has 0 N–H and O–H groups in total. The van der Waals surface area contributed by atoms with Crippen molar-refractivity contribution < 1.29 is 19.1 Å². The predicted octanol–water partition coefficient (Wildman–Crippen LogP) is 5.43. The molecule has 0 bridgehead atoms. The second-order valence-corrected chi connectivity index (χ2v) is 10.1. The number of ether oxygens (including phenoxy) is 2. The van der Waals surface area contributed by atoms with Gasteiger partial charge in [-0.3, -0.25) is 4.57 Å². The average Bonchev–Trinajstić information content (AvgIpc) is 3.37. The molecule has 4 rings (SSSR count). The minimum Gasteiger partial charge on any atom is -0.489 e. The summed E-state index contributed by atoms with van der Waals surface area (Å²) < 4.78 is 12.8. The van der Waals surface area contributed by atoms with E-state index in [1.54, 1.807) is 29.4 Å². The number of rotatable bonds is 5. The van der Waals surface area contributed by atoms with Crippen molar-refractivity contribution in [3.05, 3.63) is 72.7 Å². The summed E-state index contributed by atoms with van der Waals surface area (Å²) in [7, 11) is 1.80. The Labute approximate surface area is 212 Å². The van der Waals surface area contributed by atoms with Crippen LogP contribution in [0.5, 0.6) is 5.75 Å². The van der Waals surface area contributed by atoms with Crippen molar-refractivity contribution in [3.63, 3.8) is 0 Å². The number of nitrogens with zero attached hydrogens (tertiary/aromatic N) is 4. The summed E-state index contributed by atoms with van der Waals surface area (Å²) in [5.74, 6) is 0.774. The first kappa shape index (κ1) is 25.3. The minimum absolute atomic E-state index is 0.0445. The smallest absolute Gasteiger partial charge is 0.410 e. The summed E-state index contributed by atoms with van der Waals surface area (Å²) in [6, 6.07) is 17.6. The summed E-state index contributed by atoms with van der Waals surface area (Å²) >= 11 is 0. The van der Waals surface area contributed by atoms with E-state index in [-0.39, 0.29) is 18.2 Å². The lowest BCUT2D eigenvalue weighted by Gasteiger charge is -2.37. The van der Waals surface area contributed by atoms with Crippen molar-refractivity contribution in [3.8, 4) is 17.0 Å². The Morgan fingerprint density at radius 1 is 1.03 bits per heavy atom. The van der Waals surface area contributed by atoms with Crippen molar-refractivity contribution >= 4 is 12.1 Å². The largest absolute Gasteiger partial charge is 0.489 e. The van der Waals surface area contributed by atoms with E-state index >= 15 is 0 Å². The van der Waals surface area contributed by atoms with E-state index < -0.39 is 5.60 Å². The summed E-state index contributed by atoms with van der Waals surface area (Å²) in [4.78, 5) is 33.3. The first-order valence-corrected chi connectivity index (χ1v) is 12.3. The third kappa shape index (κ3) is 6.44. The highest BCUT2D eigenvalue weighted by Crippen LogP contribution is 2.23. The highest BCUT2D eigenvalue weighted by molar-refractivity contribution is 5.78. The number of hydrogen-bond acceptors (Lipinski definition) is 5. The molecule has 0 saturated carbocycles. The van der Waals surface area contributed by atoms with Crippen molar-refractivity contribution in [2.75, 3.05) is 20.1 Å². The van der Waals surface area contributed by atoms with E-state index in [4.69, 9.17) is 9.47 Å². The maximum Gasteiger partial charge on any atom is 0.410 e. The highest BCUT2D eigenvalue weighted by Gasteiger charge is 2.30. The lowest BCUT2D eigenvalue weighted by molar-refractivity contribution is 0.0172. The Kier molecular flexibility index (Phi) is 7.62. The molecule has 1 fully saturated rings. The number of amides is 2. The molecule has 1 aliphatic heterocycles. The minimum atomic E-state index is -0.519. The van der Waals surface area contributed by atoms with Gasteiger partial charge in [0.05, 0.1) is 5.69 Å². The zero-order chi connectivity index (χ0) is 25.7. The van der Waals surface area contributed by atoms with Gasteiger partial charge in [0.2, 0.25) is 0 Å². The fourth-order valence-corrected chi connectivity index (χ4v) is 4.14. The summed E-state index contributed by atoms with van der Waals surface area (Å²) in [6.07, 6.45) is 4.39. The van der Waals surface area contributed by atoms with Crippen molar-refractivity contribution in [1.82, 2.24) is 19.4 Å². The SMILES string of the molecule is CN(C(=O)n1cnc(-c2ccc(OCc3ccccc3)cc2)c1)C1CCN(C(=O)OC(C)(C)C)CC1. The predicted molar refractivity (Wildman–Crippen MR) is 138 cm³/mol. The number of benzene rings is 2. The molecule has 0 unspecified atom stereocenters. The van der Waals surface area contributed by atoms with Gasteiger partial charge < -0.3 is 19.3 Å². The van der Waals surface area contributed by atoms with Gasteiger partial charge >= 0.3 is 12.1 Å². The van der Waals surface area contributed by atoms with Gasteiger partial charge in [-0.25, -0.2) is 14.6 Å². The molecular weight excluding hydrogens is 456 g/mol. The molecular formula is C28H34N4O4. The van der Waals surface area contributed by atoms with Gasteiger partial charge in [-0.2, -0.15) is 0 Å². The van der Waals surface area contributed by atoms with Gasteiger partial charge in [0, 0.05) is 37.9 Å². The zero-order valence-electron chi connectivity index (χ0n) is 21.4. The molecule has 1 aliphatic rings. The van der Waals surface area contributed by atoms with Crippen LogP contribution in [0.3, 0.4) is 0 Å². The molecule has 8 nitrogen and oxygen atoms in total. The van der Waals surface area contributed by atoms with E-state index in [1.807, 2.05) is 75.4 Å². The monoisotopic (exact) mass is 490 g/mol. The Bertz CT molecular complexity index is 1160. The first-order chi connectivity index (χ1) is 17.2. The van der Waals surface area contributed by atoms with Crippen LogP contribution in [0.4, 0.5) is 9.59 Å². The molecule has 8 heteroatoms. The van der Waals surface area contributed by atoms with Crippen LogP contribution in [0, 0.1) is 0 Å². The van der Waals surface area contributed by atoms with Gasteiger partial charge in [0.25, 0.3) is 0 Å². The van der Waals surface area contributed by atoms with Crippen LogP contribution < -0.4 is 4.74 Å². The number of carbonyl (C=O) groups is 2. The fourth-order valence-electron chi connectivity index (χ4n) is 4.14. The van der Waals surface area contributed by atoms with Crippen LogP contribution >= 0.6 is 0 Å². The molecule has 0 radical (unpaired) electrons. The van der Waals surface area contributed by atoms with Crippen LogP contribution in [-0.4, -0.2) is 63.3 Å². The van der Waals surface area contributed by atoms with Gasteiger partial charge in [0.1, 0.15) is 24.3 Å². The van der Waals surface area contributed by atoms with E-state index in [1.165, 1.54) is 4.57 Å². The van der Waals surface area contributed by atoms with Crippen LogP contribution in [0.1, 0.15) is 39.2 Å². The summed E-state index contributed by atoms with van der Waals surface area (Å²) in [5, 5.41) is 0. The molecule has 0 aliphatic carbocycles. The fraction of sp³-hybridized carbons (Fsp3) is 0.393. The van der Waals surface area contributed by atoms with Crippen LogP contribution in [-0.2, 0) is 11.3 Å². The molecule has 0 spiro atoms. The third-order valence-corrected chi connectivity index (χ3v) is 6.17. The number of likely N-dealkylation sites (tertiary alicyclic amines) is 1. The van der Waals surface area contributed by atoms with Gasteiger partial charge in [-0.1, -0.05) is 30.3 Å². The average molecular weight is 491 g/mol. The molecule has 190 valence electrons. The number of imidazole rings is 1. The molecule has 2 amide bonds. The molecule has 1 aromatic heterocycles. The van der Waals surface area contributed by atoms with Gasteiger partial charge in [-0.15, -0.1) is 0 Å². The van der Waals surface area contributed by atoms with Crippen molar-refractivity contribution in [2.24, 2.45) is 0 Å². The number of carbonyl (C=O) groups excluding carboxylic acids is 2. The summed E-state index contributed by atoms with van der Waals surface area (Å²) in [6.45, 7) is 7.20. The second kappa shape index (κ2) is 10.8. The van der Waals surface area contributed by atoms with Crippen molar-refractivity contribution in [2.45, 2.75) is 51.9 Å². The molecule has 0 atom stereocenters. The number of aromatic nitrogens is 2. The lowest BCUT2D eigenvalue weighted by atomic mass is 10.0. The number of piperidine rings is 1. The second-order valence-electron chi connectivity index (χ2n) is 10.1. The Balaban J connectivity index is 1.31. The van der Waals surface area contributed by atoms with Gasteiger partial charge in [-0.05, 0) is 63.4 Å². The maximum atomic E-state index is 13.1. The number of hydrogen-bond donors (Lipinski definition) is 0. The van der Waals surface area contributed by atoms with Crippen LogP contribution in [0.2, 0.25) is 0 Å². The normalized spacial score (nSPS) is 14.4. The first-order valence-electron chi connectivity index (χ1n) is 12.3. The zero-order valence-corrected chi connectivity index (χ0v) is 21.4. The highest BCUT2D eigenvalue weighted by atomic mass is 16.6. The Hall–Kier alpha value is -3.81. The Morgan fingerprint density at radius 2 is 1.69 bits per heavy atom. The van der Waals surface area contributed by atoms with Gasteiger partial charge in [0.15, 0.2) is 0 Å². The molecule has 2 aromatic carbocycles. The van der Waals surface area contributed by atoms with E-state index in [2.05, 4.69) is 4.98 Å². The molecule has 3 aromatic rings. The standard InChI is InChI=1S/C28H34N4O4/c1-28(2,3)36-27(34)31-16-14-23(15-17-31)30(4)26(33)32-18-25(29-20-32)22-10-12-24(13-11-22)35-19-21-8-6-5-7-9-21/h5-13,18,20,23H,14-17,19H2,1-4H3. The van der Waals surface area contributed by atoms with E-state index in [9.17, 15) is 9.59 Å². The molecule has 36 heavy (non-hydrogen) atoms. The topological polar surface area (TPSA) is 76.9 Å². The molecule has 1 saturated heterocycles. The summed E-state index contributed by atoms with van der Waals surface area (Å²) in [5.41, 5.74) is 2.21.